The van der Waals surface area contributed by atoms with Crippen molar-refractivity contribution in [3.63, 3.8) is 0 Å². The van der Waals surface area contributed by atoms with Gasteiger partial charge in [0.25, 0.3) is 24.2 Å². The highest BCUT2D eigenvalue weighted by Gasteiger charge is 2.55. The monoisotopic (exact) mass is 684 g/mol. The van der Waals surface area contributed by atoms with Gasteiger partial charge in [-0.15, -0.1) is 0 Å². The number of aromatic nitrogens is 4. The number of hydrogen-bond donors (Lipinski definition) is 2. The summed E-state index contributed by atoms with van der Waals surface area (Å²) in [4.78, 5) is 33.9. The maximum absolute atomic E-state index is 15.0. The lowest BCUT2D eigenvalue weighted by molar-refractivity contribution is -0.121. The molecule has 254 valence electrons. The van der Waals surface area contributed by atoms with Crippen LogP contribution in [-0.2, 0) is 29.6 Å². The summed E-state index contributed by atoms with van der Waals surface area (Å²) in [5, 5.41) is 5.99. The number of rotatable bonds is 11. The summed E-state index contributed by atoms with van der Waals surface area (Å²) in [6, 6.07) is 5.79. The van der Waals surface area contributed by atoms with Crippen LogP contribution in [0.15, 0.2) is 42.6 Å². The number of anilines is 1. The van der Waals surface area contributed by atoms with Crippen LogP contribution in [0.1, 0.15) is 70.2 Å². The molecule has 2 aromatic heterocycles. The third-order valence-corrected chi connectivity index (χ3v) is 7.83. The fraction of sp³-hybridized carbons (Fsp3) is 0.323. The van der Waals surface area contributed by atoms with Crippen LogP contribution in [0.3, 0.4) is 0 Å². The lowest BCUT2D eigenvalue weighted by atomic mass is 9.86. The van der Waals surface area contributed by atoms with Gasteiger partial charge in [0.1, 0.15) is 35.4 Å². The Morgan fingerprint density at radius 1 is 0.979 bits per heavy atom. The summed E-state index contributed by atoms with van der Waals surface area (Å²) < 4.78 is 130. The van der Waals surface area contributed by atoms with Crippen LogP contribution in [0, 0.1) is 17.5 Å². The van der Waals surface area contributed by atoms with E-state index in [4.69, 9.17) is 5.73 Å². The zero-order chi connectivity index (χ0) is 35.1. The van der Waals surface area contributed by atoms with Gasteiger partial charge in [0, 0.05) is 50.1 Å². The van der Waals surface area contributed by atoms with Crippen molar-refractivity contribution < 1.29 is 49.1 Å². The summed E-state index contributed by atoms with van der Waals surface area (Å²) >= 11 is 0. The number of nitrogens with two attached hydrogens (primary N) is 1. The number of carbonyl (C=O) groups excluding carboxylic acids is 2. The quantitative estimate of drug-likeness (QED) is 0.168. The Morgan fingerprint density at radius 2 is 1.65 bits per heavy atom. The third kappa shape index (κ3) is 6.85. The molecule has 1 atom stereocenters. The molecule has 0 spiro atoms. The number of nitrogens with zero attached hydrogens (tertiary/aromatic N) is 4. The highest BCUT2D eigenvalue weighted by molar-refractivity contribution is 5.94. The summed E-state index contributed by atoms with van der Waals surface area (Å²) in [7, 11) is 1.45. The van der Waals surface area contributed by atoms with Crippen molar-refractivity contribution in [2.75, 3.05) is 12.4 Å². The van der Waals surface area contributed by atoms with Crippen LogP contribution < -0.4 is 11.1 Å². The van der Waals surface area contributed by atoms with Gasteiger partial charge >= 0.3 is 0 Å². The fourth-order valence-corrected chi connectivity index (χ4v) is 5.75. The van der Waals surface area contributed by atoms with Crippen LogP contribution >= 0.6 is 0 Å². The van der Waals surface area contributed by atoms with Gasteiger partial charge in [-0.05, 0) is 41.8 Å². The van der Waals surface area contributed by atoms with Crippen molar-refractivity contribution in [1.82, 2.24) is 19.7 Å². The van der Waals surface area contributed by atoms with Crippen LogP contribution in [0.5, 0.6) is 0 Å². The molecule has 2 aromatic carbocycles. The second-order valence-electron chi connectivity index (χ2n) is 11.2. The number of benzene rings is 2. The summed E-state index contributed by atoms with van der Waals surface area (Å²) in [6.45, 7) is -1.14. The molecule has 17 heteroatoms. The summed E-state index contributed by atoms with van der Waals surface area (Å²) in [6.07, 6.45) is -6.21. The zero-order valence-electron chi connectivity index (χ0n) is 24.8. The van der Waals surface area contributed by atoms with Gasteiger partial charge in [-0.3, -0.25) is 14.3 Å². The van der Waals surface area contributed by atoms with E-state index in [1.165, 1.54) is 19.3 Å². The van der Waals surface area contributed by atoms with Crippen molar-refractivity contribution in [3.8, 4) is 11.1 Å². The molecule has 0 saturated heterocycles. The highest BCUT2D eigenvalue weighted by Crippen LogP contribution is 2.52. The first kappa shape index (κ1) is 34.4. The SMILES string of the molecule is CNc1ncc(-c2ccc(F)c(C(N)=O)c2)c([C@@H](CC(=O)Cn2nc(C(F)F)c3c2C(F)(F)CCC3(F)F)Cc2cc(F)cc(F)c2)n1. The van der Waals surface area contributed by atoms with E-state index in [2.05, 4.69) is 20.4 Å². The smallest absolute Gasteiger partial charge is 0.290 e. The lowest BCUT2D eigenvalue weighted by Gasteiger charge is -2.29. The number of ketones is 1. The Labute approximate surface area is 266 Å². The fourth-order valence-electron chi connectivity index (χ4n) is 5.75. The van der Waals surface area contributed by atoms with Gasteiger partial charge in [0.2, 0.25) is 5.95 Å². The first-order chi connectivity index (χ1) is 22.5. The molecule has 1 amide bonds. The number of fused-ring (bicyclic) bond motifs is 1. The molecule has 1 aliphatic carbocycles. The summed E-state index contributed by atoms with van der Waals surface area (Å²) in [5.74, 6) is -14.2. The second-order valence-corrected chi connectivity index (χ2v) is 11.2. The van der Waals surface area contributed by atoms with Crippen molar-refractivity contribution in [1.29, 1.82) is 0 Å². The number of nitrogens with one attached hydrogen (secondary N) is 1. The standard InChI is InChI=1S/C31H25F9N6O2/c1-42-29-43-12-21(15-2-3-22(34)20(10-15)28(41)48)24(44-29)16(6-14-7-17(32)11-18(33)8-14)9-19(47)13-46-26-23(25(45-46)27(35)36)30(37,38)4-5-31(26,39)40/h2-3,7-8,10-12,16,27H,4-6,9,13H2,1H3,(H2,41,48)(H,42,43,44)/t16-/m1/s1. The van der Waals surface area contributed by atoms with Crippen molar-refractivity contribution in [2.24, 2.45) is 5.73 Å². The van der Waals surface area contributed by atoms with Crippen molar-refractivity contribution in [2.45, 2.75) is 56.4 Å². The van der Waals surface area contributed by atoms with E-state index in [-0.39, 0.29) is 39.4 Å². The first-order valence-corrected chi connectivity index (χ1v) is 14.3. The van der Waals surface area contributed by atoms with E-state index < -0.39 is 102 Å². The van der Waals surface area contributed by atoms with E-state index in [0.29, 0.717) is 6.07 Å². The molecule has 2 heterocycles. The summed E-state index contributed by atoms with van der Waals surface area (Å²) in [5.41, 5.74) is 0.324. The predicted molar refractivity (Wildman–Crippen MR) is 152 cm³/mol. The molecule has 3 N–H and O–H groups in total. The zero-order valence-corrected chi connectivity index (χ0v) is 24.8. The number of carbonyl (C=O) groups is 2. The maximum atomic E-state index is 15.0. The average Bonchev–Trinajstić information content (AvgIpc) is 3.40. The normalized spacial score (nSPS) is 15.6. The molecule has 0 fully saturated rings. The molecule has 0 saturated carbocycles. The van der Waals surface area contributed by atoms with Gasteiger partial charge in [-0.25, -0.2) is 40.7 Å². The van der Waals surface area contributed by atoms with Gasteiger partial charge in [0.05, 0.1) is 16.8 Å². The van der Waals surface area contributed by atoms with Gasteiger partial charge in [-0.1, -0.05) is 6.07 Å². The number of Topliss-reactive ketones (excluding diaryl/α,β-unsaturated/α-hetero) is 1. The van der Waals surface area contributed by atoms with Crippen LogP contribution in [-0.4, -0.2) is 38.5 Å². The number of hydrogen-bond acceptors (Lipinski definition) is 6. The second kappa shape index (κ2) is 12.9. The largest absolute Gasteiger partial charge is 0.366 e. The van der Waals surface area contributed by atoms with Crippen LogP contribution in [0.4, 0.5) is 45.5 Å². The maximum Gasteiger partial charge on any atom is 0.290 e. The predicted octanol–water partition coefficient (Wildman–Crippen LogP) is 6.80. The molecule has 8 nitrogen and oxygen atoms in total. The minimum absolute atomic E-state index is 0.00187. The first-order valence-electron chi connectivity index (χ1n) is 14.3. The Kier molecular flexibility index (Phi) is 9.25. The van der Waals surface area contributed by atoms with E-state index in [1.807, 2.05) is 0 Å². The molecule has 0 radical (unpaired) electrons. The number of halogens is 9. The Morgan fingerprint density at radius 3 is 2.27 bits per heavy atom. The van der Waals surface area contributed by atoms with Crippen LogP contribution in [0.25, 0.3) is 11.1 Å². The molecule has 0 unspecified atom stereocenters. The van der Waals surface area contributed by atoms with E-state index in [1.54, 1.807) is 0 Å². The molecular formula is C31H25F9N6O2. The Hall–Kier alpha value is -4.96. The average molecular weight is 685 g/mol. The molecule has 0 bridgehead atoms. The van der Waals surface area contributed by atoms with Gasteiger partial charge < -0.3 is 11.1 Å². The molecular weight excluding hydrogens is 659 g/mol. The number of amides is 1. The van der Waals surface area contributed by atoms with E-state index >= 15 is 0 Å². The highest BCUT2D eigenvalue weighted by atomic mass is 19.3. The number of alkyl halides is 6. The lowest BCUT2D eigenvalue weighted by Crippen LogP contribution is -2.33. The molecule has 5 rings (SSSR count). The molecule has 1 aliphatic rings. The third-order valence-electron chi connectivity index (χ3n) is 7.83. The van der Waals surface area contributed by atoms with Gasteiger partial charge in [-0.2, -0.15) is 13.9 Å². The Balaban J connectivity index is 1.61. The van der Waals surface area contributed by atoms with E-state index in [0.717, 1.165) is 24.3 Å². The molecule has 0 aliphatic heterocycles. The van der Waals surface area contributed by atoms with Crippen LogP contribution in [0.2, 0.25) is 0 Å². The van der Waals surface area contributed by atoms with Gasteiger partial charge in [0.15, 0.2) is 5.78 Å². The topological polar surface area (TPSA) is 116 Å². The Bertz CT molecular complexity index is 1880. The minimum atomic E-state index is -4.06. The van der Waals surface area contributed by atoms with Crippen molar-refractivity contribution >= 4 is 17.6 Å². The number of primary amides is 1. The van der Waals surface area contributed by atoms with E-state index in [9.17, 15) is 49.1 Å². The molecule has 4 aromatic rings. The molecule has 48 heavy (non-hydrogen) atoms. The minimum Gasteiger partial charge on any atom is -0.366 e. The van der Waals surface area contributed by atoms with Crippen molar-refractivity contribution in [3.05, 3.63) is 93.8 Å².